The van der Waals surface area contributed by atoms with E-state index in [9.17, 15) is 9.59 Å². The lowest BCUT2D eigenvalue weighted by molar-refractivity contribution is -0.123. The molecule has 1 saturated carbocycles. The van der Waals surface area contributed by atoms with E-state index in [0.29, 0.717) is 22.3 Å². The predicted molar refractivity (Wildman–Crippen MR) is 98.0 cm³/mol. The number of imide groups is 1. The van der Waals surface area contributed by atoms with Crippen molar-refractivity contribution in [3.05, 3.63) is 58.4 Å². The second-order valence-electron chi connectivity index (χ2n) is 7.14. The van der Waals surface area contributed by atoms with E-state index in [4.69, 9.17) is 23.2 Å². The van der Waals surface area contributed by atoms with E-state index < -0.39 is 0 Å². The second-order valence-corrected chi connectivity index (χ2v) is 7.99. The molecule has 5 rings (SSSR count). The molecule has 2 amide bonds. The highest BCUT2D eigenvalue weighted by Crippen LogP contribution is 2.53. The van der Waals surface area contributed by atoms with Crippen LogP contribution in [0.3, 0.4) is 0 Å². The zero-order chi connectivity index (χ0) is 18.0. The molecule has 1 aliphatic heterocycles. The van der Waals surface area contributed by atoms with Crippen LogP contribution in [0.25, 0.3) is 0 Å². The van der Waals surface area contributed by atoms with Crippen LogP contribution >= 0.6 is 23.2 Å². The van der Waals surface area contributed by atoms with E-state index in [0.717, 1.165) is 12.0 Å². The Morgan fingerprint density at radius 1 is 1.08 bits per heavy atom. The molecule has 0 radical (unpaired) electrons. The van der Waals surface area contributed by atoms with Crippen molar-refractivity contribution in [2.45, 2.75) is 13.0 Å². The maximum atomic E-state index is 12.8. The molecule has 1 aromatic heterocycles. The van der Waals surface area contributed by atoms with E-state index in [1.807, 2.05) is 6.07 Å². The summed E-state index contributed by atoms with van der Waals surface area (Å²) in [6.45, 7) is 0.436. The smallest absolute Gasteiger partial charge is 0.238 e. The highest BCUT2D eigenvalue weighted by atomic mass is 35.5. The van der Waals surface area contributed by atoms with Crippen molar-refractivity contribution in [1.29, 1.82) is 0 Å². The minimum absolute atomic E-state index is 0.0964. The van der Waals surface area contributed by atoms with Gasteiger partial charge in [0.25, 0.3) is 0 Å². The van der Waals surface area contributed by atoms with Gasteiger partial charge in [-0.2, -0.15) is 5.10 Å². The van der Waals surface area contributed by atoms with Gasteiger partial charge in [-0.25, -0.2) is 4.90 Å². The van der Waals surface area contributed by atoms with E-state index in [1.165, 1.54) is 4.90 Å². The van der Waals surface area contributed by atoms with Gasteiger partial charge in [-0.3, -0.25) is 14.3 Å². The number of benzene rings is 1. The Balaban J connectivity index is 1.41. The Bertz CT molecular complexity index is 937. The Kier molecular flexibility index (Phi) is 3.52. The van der Waals surface area contributed by atoms with Gasteiger partial charge in [0.2, 0.25) is 11.8 Å². The highest BCUT2D eigenvalue weighted by molar-refractivity contribution is 6.35. The minimum Gasteiger partial charge on any atom is -0.274 e. The number of anilines is 1. The molecule has 0 spiro atoms. The third-order valence-electron chi connectivity index (χ3n) is 5.70. The molecule has 2 heterocycles. The fraction of sp³-hybridized carbons (Fsp3) is 0.316. The summed E-state index contributed by atoms with van der Waals surface area (Å²) in [5, 5.41) is 5.43. The molecule has 2 aromatic rings. The van der Waals surface area contributed by atoms with Gasteiger partial charge in [0.05, 0.1) is 30.3 Å². The fourth-order valence-electron chi connectivity index (χ4n) is 4.54. The van der Waals surface area contributed by atoms with Gasteiger partial charge in [-0.1, -0.05) is 41.4 Å². The highest BCUT2D eigenvalue weighted by Gasteiger charge is 2.59. The lowest BCUT2D eigenvalue weighted by atomic mass is 9.85. The number of hydrogen-bond donors (Lipinski definition) is 0. The number of halogens is 2. The zero-order valence-electron chi connectivity index (χ0n) is 13.7. The normalized spacial score (nSPS) is 29.1. The lowest BCUT2D eigenvalue weighted by Crippen LogP contribution is -2.32. The molecule has 2 aliphatic carbocycles. The molecule has 3 aliphatic rings. The largest absolute Gasteiger partial charge is 0.274 e. The summed E-state index contributed by atoms with van der Waals surface area (Å²) in [5.41, 5.74) is 1.39. The summed E-state index contributed by atoms with van der Waals surface area (Å²) < 4.78 is 1.67. The summed E-state index contributed by atoms with van der Waals surface area (Å²) in [5.74, 6) is -0.191. The van der Waals surface area contributed by atoms with Crippen molar-refractivity contribution in [1.82, 2.24) is 9.78 Å². The van der Waals surface area contributed by atoms with Crippen LogP contribution in [-0.2, 0) is 16.1 Å². The van der Waals surface area contributed by atoms with Crippen molar-refractivity contribution < 1.29 is 9.59 Å². The van der Waals surface area contributed by atoms with Crippen LogP contribution in [0.5, 0.6) is 0 Å². The number of aromatic nitrogens is 2. The van der Waals surface area contributed by atoms with Gasteiger partial charge in [0.15, 0.2) is 0 Å². The fourth-order valence-corrected chi connectivity index (χ4v) is 5.00. The number of amides is 2. The second kappa shape index (κ2) is 5.69. The van der Waals surface area contributed by atoms with Crippen LogP contribution in [0.2, 0.25) is 10.0 Å². The van der Waals surface area contributed by atoms with E-state index in [2.05, 4.69) is 17.3 Å². The van der Waals surface area contributed by atoms with Crippen LogP contribution in [0.1, 0.15) is 12.0 Å². The molecule has 1 aromatic carbocycles. The Morgan fingerprint density at radius 3 is 2.42 bits per heavy atom. The summed E-state index contributed by atoms with van der Waals surface area (Å²) in [6.07, 6.45) is 8.39. The average Bonchev–Trinajstić information content (AvgIpc) is 3.35. The first-order valence-electron chi connectivity index (χ1n) is 8.55. The quantitative estimate of drug-likeness (QED) is 0.597. The Labute approximate surface area is 160 Å². The molecule has 132 valence electrons. The average molecular weight is 388 g/mol. The Hall–Kier alpha value is -2.11. The van der Waals surface area contributed by atoms with Gasteiger partial charge in [0, 0.05) is 16.2 Å². The molecule has 5 nitrogen and oxygen atoms in total. The van der Waals surface area contributed by atoms with Gasteiger partial charge in [0.1, 0.15) is 0 Å². The first-order chi connectivity index (χ1) is 12.5. The molecule has 2 bridgehead atoms. The van der Waals surface area contributed by atoms with Crippen molar-refractivity contribution >= 4 is 40.7 Å². The number of fused-ring (bicyclic) bond motifs is 5. The van der Waals surface area contributed by atoms with Crippen LogP contribution in [0.4, 0.5) is 5.69 Å². The van der Waals surface area contributed by atoms with Gasteiger partial charge in [-0.05, 0) is 36.0 Å². The minimum atomic E-state index is -0.202. The molecular weight excluding hydrogens is 373 g/mol. The SMILES string of the molecule is O=C1[C@@H]2[C@@H](C(=O)N1c1cnn(Cc3ccc(Cl)cc3Cl)c1)[C@H]1C=C[C@H]2C1. The summed E-state index contributed by atoms with van der Waals surface area (Å²) in [4.78, 5) is 27.0. The molecule has 4 atom stereocenters. The predicted octanol–water partition coefficient (Wildman–Crippen LogP) is 3.55. The first-order valence-corrected chi connectivity index (χ1v) is 9.31. The summed E-state index contributed by atoms with van der Waals surface area (Å²) in [6, 6.07) is 5.29. The third kappa shape index (κ3) is 2.27. The molecule has 2 fully saturated rings. The maximum absolute atomic E-state index is 12.8. The summed E-state index contributed by atoms with van der Waals surface area (Å²) >= 11 is 12.1. The first kappa shape index (κ1) is 16.1. The van der Waals surface area contributed by atoms with Gasteiger partial charge in [-0.15, -0.1) is 0 Å². The maximum Gasteiger partial charge on any atom is 0.238 e. The van der Waals surface area contributed by atoms with E-state index >= 15 is 0 Å². The summed E-state index contributed by atoms with van der Waals surface area (Å²) in [7, 11) is 0. The van der Waals surface area contributed by atoms with E-state index in [1.54, 1.807) is 29.2 Å². The van der Waals surface area contributed by atoms with Crippen molar-refractivity contribution in [2.75, 3.05) is 4.90 Å². The standard InChI is InChI=1S/C19H15Cl2N3O2/c20-13-4-3-12(15(21)6-13)8-23-9-14(7-22-23)24-18(25)16-10-1-2-11(5-10)17(16)19(24)26/h1-4,6-7,9-11,16-17H,5,8H2/t10-,11-,16-,17-/m0/s1. The van der Waals surface area contributed by atoms with Crippen molar-refractivity contribution in [2.24, 2.45) is 23.7 Å². The molecule has 0 unspecified atom stereocenters. The number of allylic oxidation sites excluding steroid dienone is 2. The molecule has 26 heavy (non-hydrogen) atoms. The van der Waals surface area contributed by atoms with Gasteiger partial charge < -0.3 is 0 Å². The monoisotopic (exact) mass is 387 g/mol. The zero-order valence-corrected chi connectivity index (χ0v) is 15.2. The number of carbonyl (C=O) groups excluding carboxylic acids is 2. The Morgan fingerprint density at radius 2 is 1.77 bits per heavy atom. The van der Waals surface area contributed by atoms with Crippen LogP contribution in [0, 0.1) is 23.7 Å². The molecular formula is C19H15Cl2N3O2. The third-order valence-corrected chi connectivity index (χ3v) is 6.28. The molecule has 1 saturated heterocycles. The number of carbonyl (C=O) groups is 2. The van der Waals surface area contributed by atoms with Crippen molar-refractivity contribution in [3.8, 4) is 0 Å². The topological polar surface area (TPSA) is 55.2 Å². The van der Waals surface area contributed by atoms with Crippen LogP contribution in [-0.4, -0.2) is 21.6 Å². The molecule has 0 N–H and O–H groups in total. The van der Waals surface area contributed by atoms with Crippen LogP contribution in [0.15, 0.2) is 42.7 Å². The number of nitrogens with zero attached hydrogens (tertiary/aromatic N) is 3. The molecule has 7 heteroatoms. The number of rotatable bonds is 3. The van der Waals surface area contributed by atoms with Gasteiger partial charge >= 0.3 is 0 Å². The van der Waals surface area contributed by atoms with E-state index in [-0.39, 0.29) is 35.5 Å². The van der Waals surface area contributed by atoms with Crippen LogP contribution < -0.4 is 4.90 Å². The van der Waals surface area contributed by atoms with Crippen molar-refractivity contribution in [3.63, 3.8) is 0 Å². The lowest BCUT2D eigenvalue weighted by Gasteiger charge is -2.14. The number of hydrogen-bond acceptors (Lipinski definition) is 3.